The molecule has 0 bridgehead atoms. The Bertz CT molecular complexity index is 776. The Morgan fingerprint density at radius 1 is 1.17 bits per heavy atom. The molecule has 0 spiro atoms. The van der Waals surface area contributed by atoms with Gasteiger partial charge in [0.1, 0.15) is 0 Å². The number of alkyl carbamates (subject to hydrolysis) is 1. The van der Waals surface area contributed by atoms with Gasteiger partial charge in [0.2, 0.25) is 0 Å². The molecule has 0 fully saturated rings. The number of hydrogen-bond donors (Lipinski definition) is 2. The number of thiocarbonyl (C=S) groups is 1. The van der Waals surface area contributed by atoms with Crippen LogP contribution in [0.4, 0.5) is 16.2 Å². The normalized spacial score (nSPS) is 10.5. The Labute approximate surface area is 154 Å². The summed E-state index contributed by atoms with van der Waals surface area (Å²) < 4.78 is 4.48. The maximum Gasteiger partial charge on any atom is 0.413 e. The summed E-state index contributed by atoms with van der Waals surface area (Å²) in [6, 6.07) is 12.4. The van der Waals surface area contributed by atoms with E-state index in [4.69, 9.17) is 35.4 Å². The number of rotatable bonds is 3. The van der Waals surface area contributed by atoms with Gasteiger partial charge >= 0.3 is 6.09 Å². The first-order valence-electron chi connectivity index (χ1n) is 6.74. The molecule has 0 aliphatic heterocycles. The molecule has 0 unspecified atom stereocenters. The van der Waals surface area contributed by atoms with Crippen molar-refractivity contribution in [3.05, 3.63) is 58.1 Å². The van der Waals surface area contributed by atoms with E-state index in [-0.39, 0.29) is 5.11 Å². The first-order chi connectivity index (χ1) is 11.5. The molecule has 0 saturated heterocycles. The quantitative estimate of drug-likeness (QED) is 0.592. The average molecular weight is 382 g/mol. The number of nitrogens with one attached hydrogen (secondary N) is 2. The zero-order valence-corrected chi connectivity index (χ0v) is 14.9. The Morgan fingerprint density at radius 3 is 2.50 bits per heavy atom. The number of hydrogen-bond acceptors (Lipinski definition) is 4. The second-order valence-electron chi connectivity index (χ2n) is 4.48. The van der Waals surface area contributed by atoms with Crippen LogP contribution in [0.5, 0.6) is 0 Å². The monoisotopic (exact) mass is 381 g/mol. The second kappa shape index (κ2) is 8.63. The van der Waals surface area contributed by atoms with Crippen LogP contribution in [0, 0.1) is 0 Å². The standard InChI is InChI=1S/C16H13Cl2N3O2S/c1-23-16(22)21-15(24)20-14-8-3-2-7-13(14)19-9-10-11(17)5-4-6-12(10)18/h2-9H,1H3,(H2,20,21,22,24). The van der Waals surface area contributed by atoms with Crippen molar-refractivity contribution in [1.29, 1.82) is 0 Å². The molecule has 2 aromatic carbocycles. The molecule has 0 aliphatic carbocycles. The average Bonchev–Trinajstić information content (AvgIpc) is 2.55. The fraction of sp³-hybridized carbons (Fsp3) is 0.0625. The number of carbonyl (C=O) groups is 1. The number of benzene rings is 2. The fourth-order valence-electron chi connectivity index (χ4n) is 1.76. The highest BCUT2D eigenvalue weighted by Gasteiger charge is 2.07. The lowest BCUT2D eigenvalue weighted by Crippen LogP contribution is -2.33. The molecule has 2 aromatic rings. The van der Waals surface area contributed by atoms with Crippen molar-refractivity contribution in [1.82, 2.24) is 5.32 Å². The molecule has 2 rings (SSSR count). The first-order valence-corrected chi connectivity index (χ1v) is 7.90. The molecular weight excluding hydrogens is 369 g/mol. The van der Waals surface area contributed by atoms with Gasteiger partial charge in [-0.1, -0.05) is 41.4 Å². The summed E-state index contributed by atoms with van der Waals surface area (Å²) in [5.74, 6) is 0. The van der Waals surface area contributed by atoms with Crippen LogP contribution >= 0.6 is 35.4 Å². The SMILES string of the molecule is COC(=O)NC(=S)Nc1ccccc1N=Cc1c(Cl)cccc1Cl. The lowest BCUT2D eigenvalue weighted by atomic mass is 10.2. The highest BCUT2D eigenvalue weighted by molar-refractivity contribution is 7.80. The predicted octanol–water partition coefficient (Wildman–Crippen LogP) is 4.80. The van der Waals surface area contributed by atoms with Gasteiger partial charge in [-0.2, -0.15) is 0 Å². The van der Waals surface area contributed by atoms with Crippen molar-refractivity contribution in [3.8, 4) is 0 Å². The van der Waals surface area contributed by atoms with Gasteiger partial charge in [-0.25, -0.2) is 4.79 Å². The molecule has 0 heterocycles. The zero-order chi connectivity index (χ0) is 17.5. The Kier molecular flexibility index (Phi) is 6.54. The number of halogens is 2. The second-order valence-corrected chi connectivity index (χ2v) is 5.70. The molecule has 0 atom stereocenters. The lowest BCUT2D eigenvalue weighted by Gasteiger charge is -2.10. The van der Waals surface area contributed by atoms with Crippen LogP contribution in [-0.2, 0) is 4.74 Å². The number of anilines is 1. The number of aliphatic imine (C=N–C) groups is 1. The minimum Gasteiger partial charge on any atom is -0.453 e. The molecule has 1 amide bonds. The van der Waals surface area contributed by atoms with Crippen molar-refractivity contribution < 1.29 is 9.53 Å². The molecule has 8 heteroatoms. The molecule has 5 nitrogen and oxygen atoms in total. The third-order valence-electron chi connectivity index (χ3n) is 2.89. The third-order valence-corrected chi connectivity index (χ3v) is 3.75. The number of nitrogens with zero attached hydrogens (tertiary/aromatic N) is 1. The van der Waals surface area contributed by atoms with Gasteiger partial charge in [0.15, 0.2) is 5.11 Å². The van der Waals surface area contributed by atoms with Crippen LogP contribution in [0.1, 0.15) is 5.56 Å². The van der Waals surface area contributed by atoms with E-state index in [0.29, 0.717) is 27.0 Å². The van der Waals surface area contributed by atoms with E-state index in [0.717, 1.165) is 0 Å². The van der Waals surface area contributed by atoms with E-state index in [2.05, 4.69) is 20.4 Å². The largest absolute Gasteiger partial charge is 0.453 e. The fourth-order valence-corrected chi connectivity index (χ4v) is 2.45. The van der Waals surface area contributed by atoms with Gasteiger partial charge in [-0.15, -0.1) is 0 Å². The van der Waals surface area contributed by atoms with Crippen molar-refractivity contribution in [3.63, 3.8) is 0 Å². The van der Waals surface area contributed by atoms with Gasteiger partial charge in [0.25, 0.3) is 0 Å². The molecule has 24 heavy (non-hydrogen) atoms. The highest BCUT2D eigenvalue weighted by atomic mass is 35.5. The maximum atomic E-state index is 11.2. The third kappa shape index (κ3) is 4.92. The van der Waals surface area contributed by atoms with Gasteiger partial charge in [-0.3, -0.25) is 10.3 Å². The van der Waals surface area contributed by atoms with Crippen molar-refractivity contribution in [2.75, 3.05) is 12.4 Å². The molecule has 0 aromatic heterocycles. The van der Waals surface area contributed by atoms with Crippen LogP contribution in [0.2, 0.25) is 10.0 Å². The molecule has 0 saturated carbocycles. The number of amides is 1. The minimum atomic E-state index is -0.656. The van der Waals surface area contributed by atoms with E-state index < -0.39 is 6.09 Å². The molecule has 124 valence electrons. The summed E-state index contributed by atoms with van der Waals surface area (Å²) in [6.45, 7) is 0. The highest BCUT2D eigenvalue weighted by Crippen LogP contribution is 2.27. The maximum absolute atomic E-state index is 11.2. The van der Waals surface area contributed by atoms with Gasteiger partial charge < -0.3 is 10.1 Å². The predicted molar refractivity (Wildman–Crippen MR) is 102 cm³/mol. The number of para-hydroxylation sites is 2. The van der Waals surface area contributed by atoms with Crippen molar-refractivity contribution >= 4 is 64.2 Å². The summed E-state index contributed by atoms with van der Waals surface area (Å²) >= 11 is 17.3. The van der Waals surface area contributed by atoms with E-state index in [9.17, 15) is 4.79 Å². The Hall–Kier alpha value is -2.15. The number of methoxy groups -OCH3 is 1. The smallest absolute Gasteiger partial charge is 0.413 e. The van der Waals surface area contributed by atoms with Crippen LogP contribution in [-0.4, -0.2) is 24.5 Å². The van der Waals surface area contributed by atoms with Gasteiger partial charge in [-0.05, 0) is 36.5 Å². The molecule has 2 N–H and O–H groups in total. The summed E-state index contributed by atoms with van der Waals surface area (Å²) in [6.07, 6.45) is 0.915. The van der Waals surface area contributed by atoms with Crippen LogP contribution in [0.3, 0.4) is 0 Å². The van der Waals surface area contributed by atoms with Gasteiger partial charge in [0.05, 0.1) is 28.5 Å². The Balaban J connectivity index is 2.21. The topological polar surface area (TPSA) is 62.7 Å². The van der Waals surface area contributed by atoms with E-state index >= 15 is 0 Å². The first kappa shape index (κ1) is 18.2. The summed E-state index contributed by atoms with van der Waals surface area (Å²) in [5.41, 5.74) is 1.83. The van der Waals surface area contributed by atoms with Crippen LogP contribution in [0.15, 0.2) is 47.5 Å². The number of carbonyl (C=O) groups excluding carboxylic acids is 1. The number of ether oxygens (including phenoxy) is 1. The molecular formula is C16H13Cl2N3O2S. The summed E-state index contributed by atoms with van der Waals surface area (Å²) in [4.78, 5) is 15.6. The van der Waals surface area contributed by atoms with Crippen molar-refractivity contribution in [2.45, 2.75) is 0 Å². The molecule has 0 radical (unpaired) electrons. The van der Waals surface area contributed by atoms with E-state index in [1.807, 2.05) is 12.1 Å². The van der Waals surface area contributed by atoms with Crippen LogP contribution < -0.4 is 10.6 Å². The zero-order valence-electron chi connectivity index (χ0n) is 12.5. The summed E-state index contributed by atoms with van der Waals surface area (Å²) in [7, 11) is 1.25. The van der Waals surface area contributed by atoms with Gasteiger partial charge in [0, 0.05) is 11.8 Å². The lowest BCUT2D eigenvalue weighted by molar-refractivity contribution is 0.177. The van der Waals surface area contributed by atoms with Crippen molar-refractivity contribution in [2.24, 2.45) is 4.99 Å². The Morgan fingerprint density at radius 2 is 1.83 bits per heavy atom. The van der Waals surface area contributed by atoms with E-state index in [1.165, 1.54) is 7.11 Å². The van der Waals surface area contributed by atoms with Crippen LogP contribution in [0.25, 0.3) is 0 Å². The molecule has 0 aliphatic rings. The minimum absolute atomic E-state index is 0.0975. The summed E-state index contributed by atoms with van der Waals surface area (Å²) in [5, 5.41) is 6.34. The van der Waals surface area contributed by atoms with E-state index in [1.54, 1.807) is 36.5 Å².